The zero-order valence-electron chi connectivity index (χ0n) is 12.8. The van der Waals surface area contributed by atoms with E-state index in [-0.39, 0.29) is 0 Å². The van der Waals surface area contributed by atoms with Crippen LogP contribution in [0.25, 0.3) is 0 Å². The summed E-state index contributed by atoms with van der Waals surface area (Å²) < 4.78 is 5.37. The monoisotopic (exact) mass is 306 g/mol. The van der Waals surface area contributed by atoms with E-state index in [2.05, 4.69) is 20.6 Å². The van der Waals surface area contributed by atoms with Crippen molar-refractivity contribution >= 4 is 28.9 Å². The van der Waals surface area contributed by atoms with Crippen molar-refractivity contribution in [3.05, 3.63) is 34.1 Å². The van der Waals surface area contributed by atoms with Gasteiger partial charge >= 0.3 is 0 Å². The lowest BCUT2D eigenvalue weighted by Crippen LogP contribution is -2.06. The average Bonchev–Trinajstić information content (AvgIpc) is 2.45. The lowest BCUT2D eigenvalue weighted by atomic mass is 10.2. The minimum atomic E-state index is 0.670. The van der Waals surface area contributed by atoms with E-state index in [0.717, 1.165) is 28.5 Å². The topological polar surface area (TPSA) is 59.1 Å². The van der Waals surface area contributed by atoms with E-state index in [1.165, 1.54) is 0 Å². The zero-order chi connectivity index (χ0) is 15.6. The first-order chi connectivity index (χ1) is 9.96. The van der Waals surface area contributed by atoms with E-state index in [9.17, 15) is 0 Å². The average molecular weight is 307 g/mol. The zero-order valence-corrected chi connectivity index (χ0v) is 13.6. The molecule has 0 aliphatic carbocycles. The number of nitrogens with one attached hydrogen (secondary N) is 2. The number of benzene rings is 1. The fourth-order valence-electron chi connectivity index (χ4n) is 2.05. The van der Waals surface area contributed by atoms with Crippen LogP contribution in [0.3, 0.4) is 0 Å². The summed E-state index contributed by atoms with van der Waals surface area (Å²) >= 11 is 6.13. The van der Waals surface area contributed by atoms with Gasteiger partial charge in [-0.25, -0.2) is 9.97 Å². The Morgan fingerprint density at radius 3 is 2.38 bits per heavy atom. The van der Waals surface area contributed by atoms with Gasteiger partial charge < -0.3 is 15.4 Å². The predicted octanol–water partition coefficient (Wildman–Crippen LogP) is 3.85. The summed E-state index contributed by atoms with van der Waals surface area (Å²) in [6.45, 7) is 5.77. The highest BCUT2D eigenvalue weighted by molar-refractivity contribution is 6.31. The summed E-state index contributed by atoms with van der Waals surface area (Å²) in [5, 5.41) is 7.04. The van der Waals surface area contributed by atoms with E-state index >= 15 is 0 Å². The largest absolute Gasteiger partial charge is 0.495 e. The third kappa shape index (κ3) is 3.19. The van der Waals surface area contributed by atoms with Crippen LogP contribution in [0.15, 0.2) is 12.1 Å². The normalized spacial score (nSPS) is 10.4. The molecule has 2 rings (SSSR count). The molecular weight excluding hydrogens is 288 g/mol. The fraction of sp³-hybridized carbons (Fsp3) is 0.333. The van der Waals surface area contributed by atoms with Crippen LogP contribution in [0, 0.1) is 20.8 Å². The van der Waals surface area contributed by atoms with Crippen molar-refractivity contribution in [3.63, 3.8) is 0 Å². The Hall–Kier alpha value is -2.01. The van der Waals surface area contributed by atoms with Crippen LogP contribution in [0.1, 0.15) is 17.0 Å². The van der Waals surface area contributed by atoms with Crippen molar-refractivity contribution < 1.29 is 4.74 Å². The van der Waals surface area contributed by atoms with E-state index in [0.29, 0.717) is 16.6 Å². The molecule has 0 unspecified atom stereocenters. The number of hydrogen-bond acceptors (Lipinski definition) is 5. The molecule has 0 aliphatic heterocycles. The first-order valence-electron chi connectivity index (χ1n) is 6.60. The molecule has 6 heteroatoms. The highest BCUT2D eigenvalue weighted by atomic mass is 35.5. The number of rotatable bonds is 4. The second-order valence-corrected chi connectivity index (χ2v) is 5.18. The highest BCUT2D eigenvalue weighted by Gasteiger charge is 2.12. The molecular formula is C15H19ClN4O. The molecule has 0 aliphatic rings. The molecule has 1 heterocycles. The van der Waals surface area contributed by atoms with Crippen molar-refractivity contribution in [3.8, 4) is 5.75 Å². The van der Waals surface area contributed by atoms with Crippen molar-refractivity contribution in [1.82, 2.24) is 9.97 Å². The Bertz CT molecular complexity index is 673. The van der Waals surface area contributed by atoms with Gasteiger partial charge in [-0.1, -0.05) is 11.6 Å². The Morgan fingerprint density at radius 2 is 1.76 bits per heavy atom. The smallest absolute Gasteiger partial charge is 0.143 e. The second kappa shape index (κ2) is 6.18. The minimum Gasteiger partial charge on any atom is -0.495 e. The number of nitrogens with zero attached hydrogens (tertiary/aromatic N) is 2. The lowest BCUT2D eigenvalue weighted by Gasteiger charge is -2.16. The molecule has 0 saturated carbocycles. The van der Waals surface area contributed by atoms with E-state index < -0.39 is 0 Å². The van der Waals surface area contributed by atoms with E-state index in [1.807, 2.05) is 33.9 Å². The number of aromatic nitrogens is 2. The number of ether oxygens (including phenoxy) is 1. The fourth-order valence-corrected chi connectivity index (χ4v) is 2.20. The van der Waals surface area contributed by atoms with Crippen LogP contribution < -0.4 is 15.4 Å². The number of halogens is 1. The van der Waals surface area contributed by atoms with Gasteiger partial charge in [0, 0.05) is 23.7 Å². The molecule has 0 bridgehead atoms. The van der Waals surface area contributed by atoms with Gasteiger partial charge in [-0.3, -0.25) is 0 Å². The van der Waals surface area contributed by atoms with Gasteiger partial charge in [0.1, 0.15) is 23.2 Å². The summed E-state index contributed by atoms with van der Waals surface area (Å²) in [4.78, 5) is 8.81. The molecule has 0 saturated heterocycles. The Balaban J connectivity index is 2.47. The molecule has 2 N–H and O–H groups in total. The number of anilines is 3. The maximum absolute atomic E-state index is 6.13. The third-order valence-corrected chi connectivity index (χ3v) is 3.64. The predicted molar refractivity (Wildman–Crippen MR) is 87.1 cm³/mol. The molecule has 0 spiro atoms. The van der Waals surface area contributed by atoms with Crippen LogP contribution in [-0.4, -0.2) is 24.1 Å². The lowest BCUT2D eigenvalue weighted by molar-refractivity contribution is 0.416. The molecule has 21 heavy (non-hydrogen) atoms. The molecule has 0 atom stereocenters. The standard InChI is InChI=1S/C15H19ClN4O/c1-8-6-12(13(21-5)7-11(8)16)20-15-9(2)14(17-4)18-10(3)19-15/h6-7H,1-5H3,(H2,17,18,19,20). The highest BCUT2D eigenvalue weighted by Crippen LogP contribution is 2.34. The second-order valence-electron chi connectivity index (χ2n) is 4.77. The first-order valence-corrected chi connectivity index (χ1v) is 6.98. The van der Waals surface area contributed by atoms with Crippen molar-refractivity contribution in [2.24, 2.45) is 0 Å². The SMILES string of the molecule is CNc1nc(C)nc(Nc2cc(C)c(Cl)cc2OC)c1C. The molecule has 1 aromatic heterocycles. The Morgan fingerprint density at radius 1 is 1.10 bits per heavy atom. The van der Waals surface area contributed by atoms with E-state index in [4.69, 9.17) is 16.3 Å². The number of methoxy groups -OCH3 is 1. The molecule has 2 aromatic rings. The van der Waals surface area contributed by atoms with Crippen LogP contribution in [0.2, 0.25) is 5.02 Å². The van der Waals surface area contributed by atoms with Gasteiger partial charge in [0.15, 0.2) is 0 Å². The van der Waals surface area contributed by atoms with Crippen molar-refractivity contribution in [2.45, 2.75) is 20.8 Å². The molecule has 1 aromatic carbocycles. The van der Waals surface area contributed by atoms with Gasteiger partial charge in [0.2, 0.25) is 0 Å². The molecule has 0 amide bonds. The van der Waals surface area contributed by atoms with E-state index in [1.54, 1.807) is 13.2 Å². The minimum absolute atomic E-state index is 0.670. The van der Waals surface area contributed by atoms with Gasteiger partial charge in [-0.05, 0) is 32.4 Å². The first kappa shape index (κ1) is 15.4. The van der Waals surface area contributed by atoms with Crippen LogP contribution in [0.5, 0.6) is 5.75 Å². The van der Waals surface area contributed by atoms with Gasteiger partial charge in [0.25, 0.3) is 0 Å². The third-order valence-electron chi connectivity index (χ3n) is 3.23. The Kier molecular flexibility index (Phi) is 4.53. The number of hydrogen-bond donors (Lipinski definition) is 2. The van der Waals surface area contributed by atoms with Crippen molar-refractivity contribution in [1.29, 1.82) is 0 Å². The molecule has 0 radical (unpaired) electrons. The quantitative estimate of drug-likeness (QED) is 0.898. The molecule has 112 valence electrons. The summed E-state index contributed by atoms with van der Waals surface area (Å²) in [6, 6.07) is 3.73. The molecule has 5 nitrogen and oxygen atoms in total. The van der Waals surface area contributed by atoms with Crippen LogP contribution in [-0.2, 0) is 0 Å². The summed E-state index contributed by atoms with van der Waals surface area (Å²) in [5.74, 6) is 2.91. The summed E-state index contributed by atoms with van der Waals surface area (Å²) in [5.41, 5.74) is 2.73. The maximum Gasteiger partial charge on any atom is 0.143 e. The summed E-state index contributed by atoms with van der Waals surface area (Å²) in [6.07, 6.45) is 0. The Labute approximate surface area is 129 Å². The van der Waals surface area contributed by atoms with Crippen LogP contribution in [0.4, 0.5) is 17.3 Å². The summed E-state index contributed by atoms with van der Waals surface area (Å²) in [7, 11) is 3.45. The van der Waals surface area contributed by atoms with Crippen LogP contribution >= 0.6 is 11.6 Å². The van der Waals surface area contributed by atoms with Gasteiger partial charge in [-0.15, -0.1) is 0 Å². The maximum atomic E-state index is 6.13. The molecule has 0 fully saturated rings. The van der Waals surface area contributed by atoms with Gasteiger partial charge in [-0.2, -0.15) is 0 Å². The number of aryl methyl sites for hydroxylation is 2. The van der Waals surface area contributed by atoms with Crippen molar-refractivity contribution in [2.75, 3.05) is 24.8 Å². The van der Waals surface area contributed by atoms with Gasteiger partial charge in [0.05, 0.1) is 12.8 Å².